The Hall–Kier alpha value is -2.89. The van der Waals surface area contributed by atoms with Crippen LogP contribution in [-0.2, 0) is 6.54 Å². The van der Waals surface area contributed by atoms with Gasteiger partial charge in [0.05, 0.1) is 0 Å². The highest BCUT2D eigenvalue weighted by molar-refractivity contribution is 5.98. The summed E-state index contributed by atoms with van der Waals surface area (Å²) in [5.74, 6) is 0.471. The van der Waals surface area contributed by atoms with Crippen LogP contribution in [0.1, 0.15) is 47.1 Å². The maximum Gasteiger partial charge on any atom is 0.251 e. The van der Waals surface area contributed by atoms with Crippen molar-refractivity contribution in [2.45, 2.75) is 32.9 Å². The number of nitrogens with zero attached hydrogens (tertiary/aromatic N) is 2. The zero-order chi connectivity index (χ0) is 19.3. The molecule has 0 aliphatic rings. The minimum atomic E-state index is -0.305. The van der Waals surface area contributed by atoms with Gasteiger partial charge in [0.2, 0.25) is 0 Å². The molecule has 0 saturated carbocycles. The number of anilines is 1. The van der Waals surface area contributed by atoms with E-state index < -0.39 is 0 Å². The highest BCUT2D eigenvalue weighted by Gasteiger charge is 2.16. The van der Waals surface area contributed by atoms with Crippen molar-refractivity contribution in [3.05, 3.63) is 59.3 Å². The predicted molar refractivity (Wildman–Crippen MR) is 103 cm³/mol. The van der Waals surface area contributed by atoms with E-state index in [4.69, 9.17) is 0 Å². The highest BCUT2D eigenvalue weighted by atomic mass is 16.2. The van der Waals surface area contributed by atoms with Crippen LogP contribution in [-0.4, -0.2) is 36.4 Å². The second kappa shape index (κ2) is 7.99. The molecule has 1 heterocycles. The summed E-state index contributed by atoms with van der Waals surface area (Å²) in [6, 6.07) is 10.4. The van der Waals surface area contributed by atoms with Gasteiger partial charge >= 0.3 is 0 Å². The van der Waals surface area contributed by atoms with Crippen molar-refractivity contribution in [3.8, 4) is 0 Å². The lowest BCUT2D eigenvalue weighted by Gasteiger charge is -2.20. The Bertz CT molecular complexity index is 777. The Labute approximate surface area is 154 Å². The number of carbonyl (C=O) groups excluding carboxylic acids is 2. The van der Waals surface area contributed by atoms with E-state index in [-0.39, 0.29) is 17.4 Å². The van der Waals surface area contributed by atoms with Crippen molar-refractivity contribution >= 4 is 17.6 Å². The highest BCUT2D eigenvalue weighted by Crippen LogP contribution is 2.14. The number of carbonyl (C=O) groups is 2. The summed E-state index contributed by atoms with van der Waals surface area (Å²) < 4.78 is 0. The third-order valence-electron chi connectivity index (χ3n) is 3.63. The molecule has 2 amide bonds. The Kier molecular flexibility index (Phi) is 5.97. The van der Waals surface area contributed by atoms with Crippen molar-refractivity contribution in [3.63, 3.8) is 0 Å². The smallest absolute Gasteiger partial charge is 0.251 e. The molecule has 1 aromatic heterocycles. The summed E-state index contributed by atoms with van der Waals surface area (Å²) in [5, 5.41) is 5.79. The van der Waals surface area contributed by atoms with Crippen LogP contribution in [0.5, 0.6) is 0 Å². The van der Waals surface area contributed by atoms with Gasteiger partial charge in [0.1, 0.15) is 5.82 Å². The monoisotopic (exact) mass is 354 g/mol. The summed E-state index contributed by atoms with van der Waals surface area (Å²) in [6.07, 6.45) is 1.72. The normalized spacial score (nSPS) is 11.0. The van der Waals surface area contributed by atoms with E-state index in [1.54, 1.807) is 30.5 Å². The second-order valence-electron chi connectivity index (χ2n) is 7.34. The standard InChI is InChI=1S/C20H26N4O2/c1-20(2,3)23-19(26)15-10-8-14(9-11-15)18(25)22-13-16-7-6-12-21-17(16)24(4)5/h6-12H,13H2,1-5H3,(H,22,25)(H,23,26). The molecule has 0 spiro atoms. The van der Waals surface area contributed by atoms with Gasteiger partial charge in [-0.15, -0.1) is 0 Å². The lowest BCUT2D eigenvalue weighted by atomic mass is 10.1. The van der Waals surface area contributed by atoms with E-state index in [1.807, 2.05) is 51.9 Å². The molecule has 6 nitrogen and oxygen atoms in total. The Morgan fingerprint density at radius 2 is 1.58 bits per heavy atom. The number of amides is 2. The fourth-order valence-corrected chi connectivity index (χ4v) is 2.43. The van der Waals surface area contributed by atoms with Gasteiger partial charge in [-0.1, -0.05) is 6.07 Å². The van der Waals surface area contributed by atoms with Crippen LogP contribution in [0, 0.1) is 0 Å². The molecule has 0 unspecified atom stereocenters. The van der Waals surface area contributed by atoms with Gasteiger partial charge in [-0.05, 0) is 51.1 Å². The van der Waals surface area contributed by atoms with Crippen molar-refractivity contribution in [2.75, 3.05) is 19.0 Å². The third kappa shape index (κ3) is 5.31. The largest absolute Gasteiger partial charge is 0.362 e. The first kappa shape index (κ1) is 19.4. The summed E-state index contributed by atoms with van der Waals surface area (Å²) in [7, 11) is 3.82. The van der Waals surface area contributed by atoms with Crippen LogP contribution in [0.2, 0.25) is 0 Å². The van der Waals surface area contributed by atoms with Crippen LogP contribution in [0.25, 0.3) is 0 Å². The topological polar surface area (TPSA) is 74.3 Å². The zero-order valence-corrected chi connectivity index (χ0v) is 16.0. The maximum atomic E-state index is 12.4. The van der Waals surface area contributed by atoms with Gasteiger partial charge in [0, 0.05) is 49.1 Å². The maximum absolute atomic E-state index is 12.4. The molecule has 0 atom stereocenters. The average Bonchev–Trinajstić information content (AvgIpc) is 2.58. The molecule has 0 aliphatic carbocycles. The molecule has 0 saturated heterocycles. The fraction of sp³-hybridized carbons (Fsp3) is 0.350. The summed E-state index contributed by atoms with van der Waals surface area (Å²) in [5.41, 5.74) is 1.67. The summed E-state index contributed by atoms with van der Waals surface area (Å²) in [4.78, 5) is 30.7. The molecule has 6 heteroatoms. The second-order valence-corrected chi connectivity index (χ2v) is 7.34. The number of nitrogens with one attached hydrogen (secondary N) is 2. The Morgan fingerprint density at radius 1 is 1.00 bits per heavy atom. The van der Waals surface area contributed by atoms with Crippen molar-refractivity contribution in [1.29, 1.82) is 0 Å². The van der Waals surface area contributed by atoms with Crippen LogP contribution in [0.3, 0.4) is 0 Å². The molecule has 0 aliphatic heterocycles. The van der Waals surface area contributed by atoms with E-state index >= 15 is 0 Å². The number of benzene rings is 1. The van der Waals surface area contributed by atoms with Crippen molar-refractivity contribution in [1.82, 2.24) is 15.6 Å². The van der Waals surface area contributed by atoms with Gasteiger partial charge in [0.15, 0.2) is 0 Å². The van der Waals surface area contributed by atoms with Crippen LogP contribution in [0.4, 0.5) is 5.82 Å². The van der Waals surface area contributed by atoms with Crippen LogP contribution < -0.4 is 15.5 Å². The van der Waals surface area contributed by atoms with Gasteiger partial charge in [-0.3, -0.25) is 9.59 Å². The number of rotatable bonds is 5. The molecule has 1 aromatic carbocycles. The molecule has 0 fully saturated rings. The molecule has 138 valence electrons. The van der Waals surface area contributed by atoms with Gasteiger partial charge < -0.3 is 15.5 Å². The Balaban J connectivity index is 2.02. The third-order valence-corrected chi connectivity index (χ3v) is 3.63. The number of pyridine rings is 1. The molecular weight excluding hydrogens is 328 g/mol. The molecule has 0 radical (unpaired) electrons. The van der Waals surface area contributed by atoms with E-state index in [9.17, 15) is 9.59 Å². The van der Waals surface area contributed by atoms with Gasteiger partial charge in [-0.2, -0.15) is 0 Å². The molecule has 2 N–H and O–H groups in total. The lowest BCUT2D eigenvalue weighted by molar-refractivity contribution is 0.0915. The molecule has 26 heavy (non-hydrogen) atoms. The van der Waals surface area contributed by atoms with Gasteiger partial charge in [-0.25, -0.2) is 4.98 Å². The molecule has 2 aromatic rings. The summed E-state index contributed by atoms with van der Waals surface area (Å²) >= 11 is 0. The first-order valence-electron chi connectivity index (χ1n) is 8.49. The van der Waals surface area contributed by atoms with Crippen molar-refractivity contribution < 1.29 is 9.59 Å². The first-order valence-corrected chi connectivity index (χ1v) is 8.49. The molecular formula is C20H26N4O2. The zero-order valence-electron chi connectivity index (χ0n) is 16.0. The predicted octanol–water partition coefficient (Wildman–Crippen LogP) is 2.61. The minimum absolute atomic E-state index is 0.157. The lowest BCUT2D eigenvalue weighted by Crippen LogP contribution is -2.40. The fourth-order valence-electron chi connectivity index (χ4n) is 2.43. The minimum Gasteiger partial charge on any atom is -0.362 e. The van der Waals surface area contributed by atoms with E-state index in [0.29, 0.717) is 17.7 Å². The van der Waals surface area contributed by atoms with Gasteiger partial charge in [0.25, 0.3) is 11.8 Å². The number of hydrogen-bond acceptors (Lipinski definition) is 4. The van der Waals surface area contributed by atoms with Crippen LogP contribution in [0.15, 0.2) is 42.6 Å². The van der Waals surface area contributed by atoms with Crippen LogP contribution >= 0.6 is 0 Å². The Morgan fingerprint density at radius 3 is 2.12 bits per heavy atom. The first-order chi connectivity index (χ1) is 12.2. The van der Waals surface area contributed by atoms with E-state index in [2.05, 4.69) is 15.6 Å². The summed E-state index contributed by atoms with van der Waals surface area (Å²) in [6.45, 7) is 6.15. The van der Waals surface area contributed by atoms with E-state index in [0.717, 1.165) is 11.4 Å². The number of hydrogen-bond donors (Lipinski definition) is 2. The number of aromatic nitrogens is 1. The van der Waals surface area contributed by atoms with E-state index in [1.165, 1.54) is 0 Å². The average molecular weight is 354 g/mol. The quantitative estimate of drug-likeness (QED) is 0.866. The molecule has 0 bridgehead atoms. The SMILES string of the molecule is CN(C)c1ncccc1CNC(=O)c1ccc(C(=O)NC(C)(C)C)cc1. The molecule has 2 rings (SSSR count). The van der Waals surface area contributed by atoms with Crippen molar-refractivity contribution in [2.24, 2.45) is 0 Å².